The van der Waals surface area contributed by atoms with Crippen LogP contribution in [0.4, 0.5) is 0 Å². The lowest BCUT2D eigenvalue weighted by Crippen LogP contribution is -2.09. The second-order valence-corrected chi connectivity index (χ2v) is 6.67. The maximum atomic E-state index is 12.5. The predicted octanol–water partition coefficient (Wildman–Crippen LogP) is 5.73. The minimum atomic E-state index is -0.582. The van der Waals surface area contributed by atoms with E-state index in [9.17, 15) is 9.59 Å². The van der Waals surface area contributed by atoms with Crippen LogP contribution in [0.25, 0.3) is 6.08 Å². The first-order valence-corrected chi connectivity index (χ1v) is 9.26. The first-order chi connectivity index (χ1) is 14.1. The summed E-state index contributed by atoms with van der Waals surface area (Å²) in [6.45, 7) is 0. The average Bonchev–Trinajstić information content (AvgIpc) is 3.04. The minimum Gasteiger partial charge on any atom is -0.452 e. The molecule has 0 unspecified atom stereocenters. The molecule has 0 bridgehead atoms. The molecule has 3 aromatic carbocycles. The molecule has 0 N–H and O–H groups in total. The number of rotatable bonds is 4. The van der Waals surface area contributed by atoms with E-state index in [1.807, 2.05) is 36.4 Å². The number of hydrogen-bond donors (Lipinski definition) is 0. The fraction of sp³-hybridized carbons (Fsp3) is 0. The van der Waals surface area contributed by atoms with Crippen LogP contribution in [0.1, 0.15) is 26.3 Å². The molecule has 0 spiro atoms. The number of carbonyl (C=O) groups is 2. The van der Waals surface area contributed by atoms with Crippen molar-refractivity contribution in [1.82, 2.24) is 0 Å². The van der Waals surface area contributed by atoms with E-state index in [0.29, 0.717) is 16.3 Å². The zero-order chi connectivity index (χ0) is 20.2. The van der Waals surface area contributed by atoms with Crippen LogP contribution >= 0.6 is 11.6 Å². The molecule has 1 aliphatic rings. The largest absolute Gasteiger partial charge is 0.452 e. The third kappa shape index (κ3) is 4.13. The fourth-order valence-corrected chi connectivity index (χ4v) is 3.06. The van der Waals surface area contributed by atoms with Gasteiger partial charge >= 0.3 is 5.97 Å². The Morgan fingerprint density at radius 1 is 0.966 bits per heavy atom. The standard InChI is InChI=1S/C24H15ClO4/c25-20-11-5-4-10-18(20)24(27)28-17-13-14-19-22(15-17)29-21(23(19)26)12-6-9-16-7-2-1-3-8-16/h1-15H. The van der Waals surface area contributed by atoms with E-state index in [1.54, 1.807) is 48.6 Å². The summed E-state index contributed by atoms with van der Waals surface area (Å²) in [4.78, 5) is 24.8. The average molecular weight is 403 g/mol. The Bertz CT molecular complexity index is 1150. The van der Waals surface area contributed by atoms with Crippen LogP contribution in [-0.2, 0) is 0 Å². The monoisotopic (exact) mass is 402 g/mol. The molecule has 0 aromatic heterocycles. The Balaban J connectivity index is 1.50. The maximum absolute atomic E-state index is 12.5. The van der Waals surface area contributed by atoms with Crippen molar-refractivity contribution in [1.29, 1.82) is 0 Å². The molecule has 0 fully saturated rings. The zero-order valence-corrected chi connectivity index (χ0v) is 15.9. The van der Waals surface area contributed by atoms with Crippen LogP contribution in [0.15, 0.2) is 90.7 Å². The molecule has 0 saturated carbocycles. The summed E-state index contributed by atoms with van der Waals surface area (Å²) in [6, 6.07) is 21.0. The fourth-order valence-electron chi connectivity index (χ4n) is 2.84. The highest BCUT2D eigenvalue weighted by Crippen LogP contribution is 2.34. The molecule has 4 rings (SSSR count). The predicted molar refractivity (Wildman–Crippen MR) is 111 cm³/mol. The van der Waals surface area contributed by atoms with E-state index in [2.05, 4.69) is 0 Å². The van der Waals surface area contributed by atoms with Crippen molar-refractivity contribution < 1.29 is 19.1 Å². The van der Waals surface area contributed by atoms with E-state index in [1.165, 1.54) is 6.07 Å². The smallest absolute Gasteiger partial charge is 0.345 e. The number of Topliss-reactive ketones (excluding diaryl/α,β-unsaturated/α-hetero) is 1. The number of carbonyl (C=O) groups excluding carboxylic acids is 2. The highest BCUT2D eigenvalue weighted by molar-refractivity contribution is 6.33. The molecule has 4 nitrogen and oxygen atoms in total. The summed E-state index contributed by atoms with van der Waals surface area (Å²) in [5.41, 5.74) is 1.70. The number of esters is 1. The van der Waals surface area contributed by atoms with E-state index in [0.717, 1.165) is 5.56 Å². The molecule has 29 heavy (non-hydrogen) atoms. The molecule has 0 saturated heterocycles. The van der Waals surface area contributed by atoms with Crippen molar-refractivity contribution in [3.63, 3.8) is 0 Å². The Morgan fingerprint density at radius 3 is 2.52 bits per heavy atom. The lowest BCUT2D eigenvalue weighted by molar-refractivity contribution is 0.0734. The van der Waals surface area contributed by atoms with Gasteiger partial charge in [-0.1, -0.05) is 66.2 Å². The van der Waals surface area contributed by atoms with Gasteiger partial charge in [-0.25, -0.2) is 4.79 Å². The van der Waals surface area contributed by atoms with Crippen molar-refractivity contribution in [2.45, 2.75) is 0 Å². The van der Waals surface area contributed by atoms with Gasteiger partial charge in [0.1, 0.15) is 11.5 Å². The van der Waals surface area contributed by atoms with E-state index >= 15 is 0 Å². The molecule has 142 valence electrons. The summed E-state index contributed by atoms with van der Waals surface area (Å²) in [5.74, 6) is 0.0197. The number of halogens is 1. The summed E-state index contributed by atoms with van der Waals surface area (Å²) >= 11 is 6.03. The van der Waals surface area contributed by atoms with E-state index in [4.69, 9.17) is 21.1 Å². The van der Waals surface area contributed by atoms with Crippen molar-refractivity contribution in [2.75, 3.05) is 0 Å². The Morgan fingerprint density at radius 2 is 1.72 bits per heavy atom. The third-order valence-electron chi connectivity index (χ3n) is 4.28. The number of ketones is 1. The van der Waals surface area contributed by atoms with Crippen LogP contribution in [-0.4, -0.2) is 11.8 Å². The molecule has 0 atom stereocenters. The molecule has 0 radical (unpaired) electrons. The SMILES string of the molecule is O=C(Oc1ccc2c(c1)OC(=CC=Cc1ccccc1)C2=O)c1ccccc1Cl. The van der Waals surface area contributed by atoms with Crippen molar-refractivity contribution in [3.05, 3.63) is 112 Å². The van der Waals surface area contributed by atoms with E-state index < -0.39 is 5.97 Å². The van der Waals surface area contributed by atoms with Crippen LogP contribution in [0.2, 0.25) is 5.02 Å². The minimum absolute atomic E-state index is 0.210. The summed E-state index contributed by atoms with van der Waals surface area (Å²) in [7, 11) is 0. The first kappa shape index (κ1) is 18.7. The Labute approximate surface area is 172 Å². The summed E-state index contributed by atoms with van der Waals surface area (Å²) in [5, 5.41) is 0.306. The molecule has 1 aliphatic heterocycles. The lowest BCUT2D eigenvalue weighted by atomic mass is 10.1. The zero-order valence-electron chi connectivity index (χ0n) is 15.2. The van der Waals surface area contributed by atoms with Crippen LogP contribution in [0.5, 0.6) is 11.5 Å². The van der Waals surface area contributed by atoms with Gasteiger partial charge in [-0.15, -0.1) is 0 Å². The number of allylic oxidation sites excluding steroid dienone is 3. The highest BCUT2D eigenvalue weighted by atomic mass is 35.5. The first-order valence-electron chi connectivity index (χ1n) is 8.88. The molecule has 0 aliphatic carbocycles. The Kier molecular flexibility index (Phi) is 5.27. The van der Waals surface area contributed by atoms with Crippen LogP contribution in [0, 0.1) is 0 Å². The van der Waals surface area contributed by atoms with Gasteiger partial charge in [-0.05, 0) is 35.9 Å². The van der Waals surface area contributed by atoms with Gasteiger partial charge in [-0.2, -0.15) is 0 Å². The number of fused-ring (bicyclic) bond motifs is 1. The van der Waals surface area contributed by atoms with Gasteiger partial charge < -0.3 is 9.47 Å². The van der Waals surface area contributed by atoms with Crippen LogP contribution in [0.3, 0.4) is 0 Å². The molecule has 5 heteroatoms. The number of benzene rings is 3. The third-order valence-corrected chi connectivity index (χ3v) is 4.61. The maximum Gasteiger partial charge on any atom is 0.345 e. The van der Waals surface area contributed by atoms with Crippen molar-refractivity contribution in [2.24, 2.45) is 0 Å². The molecular formula is C24H15ClO4. The molecular weight excluding hydrogens is 388 g/mol. The molecule has 0 amide bonds. The summed E-state index contributed by atoms with van der Waals surface area (Å²) in [6.07, 6.45) is 5.25. The molecule has 3 aromatic rings. The number of hydrogen-bond acceptors (Lipinski definition) is 4. The van der Waals surface area contributed by atoms with Crippen LogP contribution < -0.4 is 9.47 Å². The van der Waals surface area contributed by atoms with Gasteiger partial charge in [-0.3, -0.25) is 4.79 Å². The Hall–Kier alpha value is -3.63. The van der Waals surface area contributed by atoms with Crippen molar-refractivity contribution >= 4 is 29.4 Å². The normalized spacial score (nSPS) is 14.1. The quantitative estimate of drug-likeness (QED) is 0.317. The van der Waals surface area contributed by atoms with Gasteiger partial charge in [0.2, 0.25) is 5.78 Å². The highest BCUT2D eigenvalue weighted by Gasteiger charge is 2.27. The van der Waals surface area contributed by atoms with Crippen molar-refractivity contribution in [3.8, 4) is 11.5 Å². The van der Waals surface area contributed by atoms with Gasteiger partial charge in [0.15, 0.2) is 5.76 Å². The van der Waals surface area contributed by atoms with E-state index in [-0.39, 0.29) is 22.9 Å². The molecule has 1 heterocycles. The second-order valence-electron chi connectivity index (χ2n) is 6.26. The number of ether oxygens (including phenoxy) is 2. The summed E-state index contributed by atoms with van der Waals surface area (Å²) < 4.78 is 11.0. The topological polar surface area (TPSA) is 52.6 Å². The van der Waals surface area contributed by atoms with Gasteiger partial charge in [0, 0.05) is 6.07 Å². The lowest BCUT2D eigenvalue weighted by Gasteiger charge is -2.06. The second kappa shape index (κ2) is 8.17. The van der Waals surface area contributed by atoms with Gasteiger partial charge in [0.05, 0.1) is 16.1 Å². The van der Waals surface area contributed by atoms with Gasteiger partial charge in [0.25, 0.3) is 0 Å².